The lowest BCUT2D eigenvalue weighted by atomic mass is 9.73. The van der Waals surface area contributed by atoms with Gasteiger partial charge in [-0.2, -0.15) is 0 Å². The number of aliphatic carboxylic acids is 2. The van der Waals surface area contributed by atoms with Gasteiger partial charge in [-0.3, -0.25) is 9.59 Å². The van der Waals surface area contributed by atoms with E-state index in [0.29, 0.717) is 0 Å². The molecule has 0 aliphatic carbocycles. The standard InChI is InChI=1S/C13H12O7/c14-10(15)6-13(12(18)19)3-4-20-9-2-1-7(11(16)17)5-8(9)13/h1-2,5H,3-4,6H2,(H,14,15)(H,16,17)(H,18,19). The van der Waals surface area contributed by atoms with E-state index < -0.39 is 29.7 Å². The average molecular weight is 280 g/mol. The summed E-state index contributed by atoms with van der Waals surface area (Å²) in [6, 6.07) is 3.82. The Hall–Kier alpha value is -2.57. The molecule has 3 N–H and O–H groups in total. The minimum Gasteiger partial charge on any atom is -0.493 e. The van der Waals surface area contributed by atoms with Crippen molar-refractivity contribution in [2.75, 3.05) is 6.61 Å². The summed E-state index contributed by atoms with van der Waals surface area (Å²) in [4.78, 5) is 33.6. The van der Waals surface area contributed by atoms with Crippen molar-refractivity contribution in [3.63, 3.8) is 0 Å². The summed E-state index contributed by atoms with van der Waals surface area (Å²) in [5.74, 6) is -3.56. The highest BCUT2D eigenvalue weighted by Crippen LogP contribution is 2.42. The molecule has 0 radical (unpaired) electrons. The molecule has 0 fully saturated rings. The minimum absolute atomic E-state index is 0.0231. The van der Waals surface area contributed by atoms with Crippen LogP contribution in [0.15, 0.2) is 18.2 Å². The highest BCUT2D eigenvalue weighted by molar-refractivity contribution is 5.92. The molecule has 7 heteroatoms. The predicted molar refractivity (Wildman–Crippen MR) is 65.1 cm³/mol. The number of hydrogen-bond acceptors (Lipinski definition) is 4. The maximum absolute atomic E-state index is 11.6. The Morgan fingerprint density at radius 1 is 1.20 bits per heavy atom. The number of hydrogen-bond donors (Lipinski definition) is 3. The molecule has 7 nitrogen and oxygen atoms in total. The maximum Gasteiger partial charge on any atom is 0.335 e. The van der Waals surface area contributed by atoms with Gasteiger partial charge in [0.2, 0.25) is 0 Å². The van der Waals surface area contributed by atoms with Crippen LogP contribution in [-0.4, -0.2) is 39.8 Å². The first-order chi connectivity index (χ1) is 9.36. The lowest BCUT2D eigenvalue weighted by Gasteiger charge is -2.34. The predicted octanol–water partition coefficient (Wildman–Crippen LogP) is 0.964. The van der Waals surface area contributed by atoms with Crippen LogP contribution in [-0.2, 0) is 15.0 Å². The van der Waals surface area contributed by atoms with Crippen LogP contribution in [0.3, 0.4) is 0 Å². The summed E-state index contributed by atoms with van der Waals surface area (Å²) in [6.07, 6.45) is -0.646. The van der Waals surface area contributed by atoms with Crippen LogP contribution in [0.4, 0.5) is 0 Å². The number of fused-ring (bicyclic) bond motifs is 1. The summed E-state index contributed by atoms with van der Waals surface area (Å²) in [5.41, 5.74) is -1.67. The highest BCUT2D eigenvalue weighted by Gasteiger charge is 2.46. The summed E-state index contributed by atoms with van der Waals surface area (Å²) in [7, 11) is 0. The largest absolute Gasteiger partial charge is 0.493 e. The number of carboxylic acids is 3. The van der Waals surface area contributed by atoms with E-state index in [0.717, 1.165) is 0 Å². The fourth-order valence-electron chi connectivity index (χ4n) is 2.37. The Balaban J connectivity index is 2.63. The van der Waals surface area contributed by atoms with Gasteiger partial charge in [0.05, 0.1) is 18.6 Å². The van der Waals surface area contributed by atoms with Gasteiger partial charge in [-0.15, -0.1) is 0 Å². The fourth-order valence-corrected chi connectivity index (χ4v) is 2.37. The summed E-state index contributed by atoms with van der Waals surface area (Å²) >= 11 is 0. The van der Waals surface area contributed by atoms with Crippen LogP contribution < -0.4 is 4.74 Å². The van der Waals surface area contributed by atoms with Gasteiger partial charge < -0.3 is 20.1 Å². The van der Waals surface area contributed by atoms with Crippen molar-refractivity contribution in [2.45, 2.75) is 18.3 Å². The summed E-state index contributed by atoms with van der Waals surface area (Å²) < 4.78 is 5.30. The molecule has 1 heterocycles. The molecule has 0 saturated heterocycles. The molecule has 0 amide bonds. The monoisotopic (exact) mass is 280 g/mol. The molecule has 0 spiro atoms. The van der Waals surface area contributed by atoms with Gasteiger partial charge >= 0.3 is 17.9 Å². The second-order valence-corrected chi connectivity index (χ2v) is 4.57. The Labute approximate surface area is 113 Å². The van der Waals surface area contributed by atoms with Crippen LogP contribution in [0.1, 0.15) is 28.8 Å². The van der Waals surface area contributed by atoms with Crippen molar-refractivity contribution >= 4 is 17.9 Å². The zero-order valence-corrected chi connectivity index (χ0v) is 10.3. The molecule has 0 aromatic heterocycles. The number of benzene rings is 1. The Morgan fingerprint density at radius 3 is 2.45 bits per heavy atom. The van der Waals surface area contributed by atoms with Crippen molar-refractivity contribution < 1.29 is 34.4 Å². The van der Waals surface area contributed by atoms with Crippen molar-refractivity contribution in [1.82, 2.24) is 0 Å². The van der Waals surface area contributed by atoms with E-state index in [-0.39, 0.29) is 29.9 Å². The van der Waals surface area contributed by atoms with Gasteiger partial charge in [0.1, 0.15) is 11.2 Å². The van der Waals surface area contributed by atoms with Crippen molar-refractivity contribution in [1.29, 1.82) is 0 Å². The number of ether oxygens (including phenoxy) is 1. The number of aromatic carboxylic acids is 1. The lowest BCUT2D eigenvalue weighted by molar-refractivity contribution is -0.151. The average Bonchev–Trinajstić information content (AvgIpc) is 2.37. The first-order valence-electron chi connectivity index (χ1n) is 5.82. The Morgan fingerprint density at radius 2 is 1.90 bits per heavy atom. The van der Waals surface area contributed by atoms with Crippen molar-refractivity contribution in [3.8, 4) is 5.75 Å². The van der Waals surface area contributed by atoms with Gasteiger partial charge in [0.15, 0.2) is 0 Å². The van der Waals surface area contributed by atoms with Crippen LogP contribution in [0.5, 0.6) is 5.75 Å². The summed E-state index contributed by atoms with van der Waals surface area (Å²) in [5, 5.41) is 27.4. The molecule has 0 bridgehead atoms. The van der Waals surface area contributed by atoms with Gasteiger partial charge in [-0.05, 0) is 18.2 Å². The third kappa shape index (κ3) is 2.18. The molecule has 0 saturated carbocycles. The van der Waals surface area contributed by atoms with E-state index in [4.69, 9.17) is 14.9 Å². The third-order valence-electron chi connectivity index (χ3n) is 3.39. The number of carboxylic acid groups (broad SMARTS) is 3. The highest BCUT2D eigenvalue weighted by atomic mass is 16.5. The maximum atomic E-state index is 11.6. The second kappa shape index (κ2) is 4.84. The van der Waals surface area contributed by atoms with Crippen molar-refractivity contribution in [2.24, 2.45) is 0 Å². The van der Waals surface area contributed by atoms with E-state index in [1.165, 1.54) is 18.2 Å². The Bertz CT molecular complexity index is 592. The van der Waals surface area contributed by atoms with Gasteiger partial charge in [0.25, 0.3) is 0 Å². The molecule has 1 aliphatic rings. The molecule has 1 atom stereocenters. The molecule has 1 unspecified atom stereocenters. The van der Waals surface area contributed by atoms with Gasteiger partial charge in [-0.25, -0.2) is 4.79 Å². The molecule has 1 aliphatic heterocycles. The quantitative estimate of drug-likeness (QED) is 0.751. The first kappa shape index (κ1) is 13.9. The minimum atomic E-state index is -1.66. The number of rotatable bonds is 4. The van der Waals surface area contributed by atoms with Crippen LogP contribution in [0.2, 0.25) is 0 Å². The molecular formula is C13H12O7. The second-order valence-electron chi connectivity index (χ2n) is 4.57. The van der Waals surface area contributed by atoms with Gasteiger partial charge in [-0.1, -0.05) is 0 Å². The molecule has 1 aromatic rings. The van der Waals surface area contributed by atoms with Crippen LogP contribution in [0, 0.1) is 0 Å². The van der Waals surface area contributed by atoms with Gasteiger partial charge in [0, 0.05) is 12.0 Å². The normalized spacial score (nSPS) is 20.6. The van der Waals surface area contributed by atoms with Crippen LogP contribution >= 0.6 is 0 Å². The SMILES string of the molecule is O=C(O)CC1(C(=O)O)CCOc2ccc(C(=O)O)cc21. The summed E-state index contributed by atoms with van der Waals surface area (Å²) in [6.45, 7) is 0.0685. The molecule has 1 aromatic carbocycles. The zero-order chi connectivity index (χ0) is 14.9. The first-order valence-corrected chi connectivity index (χ1v) is 5.82. The molecule has 106 valence electrons. The Kier molecular flexibility index (Phi) is 3.35. The van der Waals surface area contributed by atoms with E-state index in [2.05, 4.69) is 0 Å². The van der Waals surface area contributed by atoms with E-state index in [1.54, 1.807) is 0 Å². The molecule has 2 rings (SSSR count). The van der Waals surface area contributed by atoms with Crippen LogP contribution in [0.25, 0.3) is 0 Å². The lowest BCUT2D eigenvalue weighted by Crippen LogP contribution is -2.42. The third-order valence-corrected chi connectivity index (χ3v) is 3.39. The van der Waals surface area contributed by atoms with Crippen molar-refractivity contribution in [3.05, 3.63) is 29.3 Å². The number of carbonyl (C=O) groups is 3. The molecule has 20 heavy (non-hydrogen) atoms. The smallest absolute Gasteiger partial charge is 0.335 e. The fraction of sp³-hybridized carbons (Fsp3) is 0.308. The van der Waals surface area contributed by atoms with E-state index in [9.17, 15) is 19.5 Å². The zero-order valence-electron chi connectivity index (χ0n) is 10.3. The van der Waals surface area contributed by atoms with E-state index in [1.807, 2.05) is 0 Å². The topological polar surface area (TPSA) is 121 Å². The van der Waals surface area contributed by atoms with E-state index >= 15 is 0 Å². The molecular weight excluding hydrogens is 268 g/mol.